The molecule has 5 N–H and O–H groups in total. The number of hydrogen-bond donors (Lipinski definition) is 4. The van der Waals surface area contributed by atoms with Gasteiger partial charge in [-0.1, -0.05) is 26.8 Å². The van der Waals surface area contributed by atoms with Crippen LogP contribution in [0.15, 0.2) is 35.3 Å². The Morgan fingerprint density at radius 3 is 2.52 bits per heavy atom. The number of rotatable bonds is 3. The van der Waals surface area contributed by atoms with E-state index in [-0.39, 0.29) is 17.2 Å². The molecule has 0 fully saturated rings. The molecule has 0 aliphatic rings. The van der Waals surface area contributed by atoms with Crippen molar-refractivity contribution in [2.24, 2.45) is 10.4 Å². The number of anilines is 2. The average Bonchev–Trinajstić information content (AvgIpc) is 3.00. The van der Waals surface area contributed by atoms with Gasteiger partial charge in [-0.15, -0.1) is 0 Å². The van der Waals surface area contributed by atoms with Crippen molar-refractivity contribution in [1.29, 1.82) is 0 Å². The summed E-state index contributed by atoms with van der Waals surface area (Å²) >= 11 is 0. The van der Waals surface area contributed by atoms with Crippen LogP contribution in [0.5, 0.6) is 0 Å². The SMILES string of the molecule is CC(C)(C)CN=C(NC(=O)c1cccc(N)c1)Nc1cc(C(F)(F)F)[nH]n1. The second kappa shape index (κ2) is 7.68. The number of nitrogens with two attached hydrogens (primary N) is 1. The van der Waals surface area contributed by atoms with Crippen molar-refractivity contribution in [2.45, 2.75) is 26.9 Å². The molecule has 0 aliphatic carbocycles. The molecule has 0 atom stereocenters. The molecule has 0 aliphatic heterocycles. The number of benzene rings is 1. The Hall–Kier alpha value is -3.04. The highest BCUT2D eigenvalue weighted by Gasteiger charge is 2.33. The molecule has 0 bridgehead atoms. The molecule has 7 nitrogen and oxygen atoms in total. The quantitative estimate of drug-likeness (QED) is 0.371. The van der Waals surface area contributed by atoms with Crippen LogP contribution in [-0.4, -0.2) is 28.6 Å². The van der Waals surface area contributed by atoms with Crippen LogP contribution >= 0.6 is 0 Å². The molecule has 1 heterocycles. The molecule has 0 spiro atoms. The van der Waals surface area contributed by atoms with Crippen LogP contribution in [0.1, 0.15) is 36.8 Å². The summed E-state index contributed by atoms with van der Waals surface area (Å²) in [5.41, 5.74) is 5.15. The van der Waals surface area contributed by atoms with Gasteiger partial charge in [-0.3, -0.25) is 20.2 Å². The molecule has 27 heavy (non-hydrogen) atoms. The summed E-state index contributed by atoms with van der Waals surface area (Å²) in [5.74, 6) is -0.644. The Balaban J connectivity index is 2.21. The number of carbonyl (C=O) groups is 1. The van der Waals surface area contributed by atoms with E-state index in [0.717, 1.165) is 6.07 Å². The van der Waals surface area contributed by atoms with Crippen molar-refractivity contribution in [3.05, 3.63) is 41.6 Å². The summed E-state index contributed by atoms with van der Waals surface area (Å²) in [5, 5.41) is 10.6. The van der Waals surface area contributed by atoms with Crippen molar-refractivity contribution in [3.8, 4) is 0 Å². The van der Waals surface area contributed by atoms with Crippen molar-refractivity contribution in [2.75, 3.05) is 17.6 Å². The third-order valence-corrected chi connectivity index (χ3v) is 3.22. The number of aliphatic imine (C=N–C) groups is 1. The first-order valence-corrected chi connectivity index (χ1v) is 8.05. The number of halogens is 3. The van der Waals surface area contributed by atoms with Crippen LogP contribution < -0.4 is 16.4 Å². The van der Waals surface area contributed by atoms with E-state index in [0.29, 0.717) is 17.8 Å². The van der Waals surface area contributed by atoms with E-state index < -0.39 is 17.8 Å². The Kier molecular flexibility index (Phi) is 5.77. The number of nitrogens with zero attached hydrogens (tertiary/aromatic N) is 2. The lowest BCUT2D eigenvalue weighted by Crippen LogP contribution is -2.37. The van der Waals surface area contributed by atoms with Gasteiger partial charge in [-0.05, 0) is 23.6 Å². The largest absolute Gasteiger partial charge is 0.432 e. The molecular weight excluding hydrogens is 361 g/mol. The monoisotopic (exact) mass is 382 g/mol. The normalized spacial score (nSPS) is 12.7. The van der Waals surface area contributed by atoms with E-state index in [2.05, 4.69) is 20.7 Å². The minimum Gasteiger partial charge on any atom is -0.399 e. The van der Waals surface area contributed by atoms with Gasteiger partial charge in [-0.2, -0.15) is 18.3 Å². The molecule has 10 heteroatoms. The van der Waals surface area contributed by atoms with Gasteiger partial charge in [0.25, 0.3) is 5.91 Å². The maximum Gasteiger partial charge on any atom is 0.432 e. The predicted octanol–water partition coefficient (Wildman–Crippen LogP) is 3.25. The summed E-state index contributed by atoms with van der Waals surface area (Å²) in [7, 11) is 0. The fourth-order valence-electron chi connectivity index (χ4n) is 1.94. The minimum atomic E-state index is -4.56. The highest BCUT2D eigenvalue weighted by atomic mass is 19.4. The summed E-state index contributed by atoms with van der Waals surface area (Å²) in [6.45, 7) is 6.13. The Morgan fingerprint density at radius 1 is 1.26 bits per heavy atom. The Morgan fingerprint density at radius 2 is 1.96 bits per heavy atom. The van der Waals surface area contributed by atoms with E-state index in [1.165, 1.54) is 6.07 Å². The fourth-order valence-corrected chi connectivity index (χ4v) is 1.94. The topological polar surface area (TPSA) is 108 Å². The van der Waals surface area contributed by atoms with Crippen LogP contribution in [0.3, 0.4) is 0 Å². The number of H-pyrrole nitrogens is 1. The van der Waals surface area contributed by atoms with E-state index in [1.54, 1.807) is 18.2 Å². The number of amides is 1. The third-order valence-electron chi connectivity index (χ3n) is 3.22. The third kappa shape index (κ3) is 6.32. The Bertz CT molecular complexity index is 836. The number of nitrogen functional groups attached to an aromatic ring is 1. The zero-order valence-corrected chi connectivity index (χ0v) is 15.1. The highest BCUT2D eigenvalue weighted by molar-refractivity contribution is 6.10. The number of nitrogens with one attached hydrogen (secondary N) is 3. The van der Waals surface area contributed by atoms with Gasteiger partial charge >= 0.3 is 6.18 Å². The molecule has 0 radical (unpaired) electrons. The maximum absolute atomic E-state index is 12.7. The molecule has 1 aromatic carbocycles. The van der Waals surface area contributed by atoms with Crippen LogP contribution in [-0.2, 0) is 6.18 Å². The van der Waals surface area contributed by atoms with Crippen LogP contribution in [0, 0.1) is 5.41 Å². The van der Waals surface area contributed by atoms with Gasteiger partial charge in [0.15, 0.2) is 5.82 Å². The molecule has 1 amide bonds. The second-order valence-electron chi connectivity index (χ2n) is 7.09. The van der Waals surface area contributed by atoms with Gasteiger partial charge in [0, 0.05) is 23.9 Å². The first-order valence-electron chi connectivity index (χ1n) is 8.05. The lowest BCUT2D eigenvalue weighted by molar-refractivity contribution is -0.141. The molecule has 2 aromatic rings. The molecule has 0 saturated carbocycles. The molecule has 0 saturated heterocycles. The van der Waals surface area contributed by atoms with Crippen LogP contribution in [0.2, 0.25) is 0 Å². The average molecular weight is 382 g/mol. The molecule has 1 aromatic heterocycles. The standard InChI is InChI=1S/C17H21F3N6O/c1-16(2,3)9-22-15(23-13-8-12(25-26-13)17(18,19)20)24-14(27)10-5-4-6-11(21)7-10/h4-8H,9,21H2,1-3H3,(H3,22,23,24,25,26,27). The Labute approximate surface area is 154 Å². The van der Waals surface area contributed by atoms with Gasteiger partial charge in [-0.25, -0.2) is 0 Å². The van der Waals surface area contributed by atoms with E-state index in [1.807, 2.05) is 25.9 Å². The molecule has 0 unspecified atom stereocenters. The lowest BCUT2D eigenvalue weighted by Gasteiger charge is -2.16. The van der Waals surface area contributed by atoms with Gasteiger partial charge in [0.1, 0.15) is 5.69 Å². The number of aromatic amines is 1. The lowest BCUT2D eigenvalue weighted by atomic mass is 9.97. The molecular formula is C17H21F3N6O. The highest BCUT2D eigenvalue weighted by Crippen LogP contribution is 2.28. The zero-order chi connectivity index (χ0) is 20.2. The summed E-state index contributed by atoms with van der Waals surface area (Å²) < 4.78 is 38.1. The van der Waals surface area contributed by atoms with Crippen molar-refractivity contribution in [1.82, 2.24) is 15.5 Å². The number of aromatic nitrogens is 2. The van der Waals surface area contributed by atoms with Gasteiger partial charge in [0.2, 0.25) is 5.96 Å². The summed E-state index contributed by atoms with van der Waals surface area (Å²) in [6.07, 6.45) is -4.56. The van der Waals surface area contributed by atoms with Crippen LogP contribution in [0.4, 0.5) is 24.7 Å². The number of guanidine groups is 1. The van der Waals surface area contributed by atoms with Gasteiger partial charge in [0.05, 0.1) is 0 Å². The van der Waals surface area contributed by atoms with Crippen molar-refractivity contribution in [3.63, 3.8) is 0 Å². The smallest absolute Gasteiger partial charge is 0.399 e. The van der Waals surface area contributed by atoms with E-state index in [9.17, 15) is 18.0 Å². The molecule has 2 rings (SSSR count). The number of carbonyl (C=O) groups excluding carboxylic acids is 1. The summed E-state index contributed by atoms with van der Waals surface area (Å²) in [4.78, 5) is 16.6. The van der Waals surface area contributed by atoms with Crippen molar-refractivity contribution >= 4 is 23.4 Å². The number of alkyl halides is 3. The number of hydrogen-bond acceptors (Lipinski definition) is 4. The zero-order valence-electron chi connectivity index (χ0n) is 15.1. The first kappa shape index (κ1) is 20.3. The second-order valence-corrected chi connectivity index (χ2v) is 7.09. The van der Waals surface area contributed by atoms with Crippen molar-refractivity contribution < 1.29 is 18.0 Å². The van der Waals surface area contributed by atoms with Gasteiger partial charge < -0.3 is 11.1 Å². The predicted molar refractivity (Wildman–Crippen MR) is 97.3 cm³/mol. The van der Waals surface area contributed by atoms with Crippen LogP contribution in [0.25, 0.3) is 0 Å². The first-order chi connectivity index (χ1) is 12.4. The van der Waals surface area contributed by atoms with E-state index in [4.69, 9.17) is 5.73 Å². The minimum absolute atomic E-state index is 0.0161. The molecule has 146 valence electrons. The fraction of sp³-hybridized carbons (Fsp3) is 0.353. The summed E-state index contributed by atoms with van der Waals surface area (Å²) in [6, 6.07) is 7.08. The maximum atomic E-state index is 12.7. The van der Waals surface area contributed by atoms with E-state index >= 15 is 0 Å².